The molecule has 7 rings (SSSR count). The maximum absolute atomic E-state index is 6.59. The first-order valence-corrected chi connectivity index (χ1v) is 14.4. The van der Waals surface area contributed by atoms with Crippen LogP contribution in [0, 0.1) is 20.8 Å². The van der Waals surface area contributed by atoms with Crippen LogP contribution < -0.4 is 14.5 Å². The van der Waals surface area contributed by atoms with Crippen molar-refractivity contribution in [2.75, 3.05) is 16.5 Å². The van der Waals surface area contributed by atoms with Crippen molar-refractivity contribution in [2.24, 2.45) is 0 Å². The molecule has 0 bridgehead atoms. The van der Waals surface area contributed by atoms with E-state index in [2.05, 4.69) is 100 Å². The first-order valence-electron chi connectivity index (χ1n) is 14.4. The fraction of sp³-hybridized carbons (Fsp3) is 0.108. The summed E-state index contributed by atoms with van der Waals surface area (Å²) >= 11 is 0. The molecule has 0 saturated heterocycles. The number of pyridine rings is 3. The van der Waals surface area contributed by atoms with Gasteiger partial charge in [-0.2, -0.15) is 0 Å². The van der Waals surface area contributed by atoms with E-state index in [0.29, 0.717) is 12.4 Å². The van der Waals surface area contributed by atoms with E-state index in [4.69, 9.17) is 4.74 Å². The van der Waals surface area contributed by atoms with E-state index in [1.807, 2.05) is 54.7 Å². The number of aryl methyl sites for hydroxylation is 3. The topological polar surface area (TPSA) is 54.4 Å². The SMILES string of the molecule is Cc1cc(C)c(-c2cc(Oc3ccnc(-c4ccccn4)c3)cc(N3CN(c4ccccn4)c4ccccc43)c2)c(C)c1. The van der Waals surface area contributed by atoms with Gasteiger partial charge in [-0.25, -0.2) is 4.98 Å². The van der Waals surface area contributed by atoms with Crippen molar-refractivity contribution in [1.82, 2.24) is 15.0 Å². The average Bonchev–Trinajstić information content (AvgIpc) is 3.41. The molecule has 0 saturated carbocycles. The Balaban J connectivity index is 1.34. The molecule has 0 amide bonds. The molecule has 0 radical (unpaired) electrons. The molecule has 1 aliphatic rings. The lowest BCUT2D eigenvalue weighted by molar-refractivity contribution is 0.482. The van der Waals surface area contributed by atoms with Gasteiger partial charge in [0.2, 0.25) is 0 Å². The van der Waals surface area contributed by atoms with Crippen molar-refractivity contribution in [2.45, 2.75) is 20.8 Å². The van der Waals surface area contributed by atoms with E-state index in [0.717, 1.165) is 45.6 Å². The molecule has 3 aromatic heterocycles. The van der Waals surface area contributed by atoms with Crippen LogP contribution in [0.15, 0.2) is 122 Å². The monoisotopic (exact) mass is 561 g/mol. The van der Waals surface area contributed by atoms with Crippen LogP contribution in [0.2, 0.25) is 0 Å². The number of benzene rings is 3. The van der Waals surface area contributed by atoms with E-state index in [-0.39, 0.29) is 0 Å². The molecule has 0 unspecified atom stereocenters. The number of anilines is 4. The quantitative estimate of drug-likeness (QED) is 0.202. The number of para-hydroxylation sites is 2. The molecule has 0 atom stereocenters. The third-order valence-electron chi connectivity index (χ3n) is 7.74. The van der Waals surface area contributed by atoms with Gasteiger partial charge in [-0.3, -0.25) is 9.97 Å². The molecule has 6 heteroatoms. The summed E-state index contributed by atoms with van der Waals surface area (Å²) in [5, 5.41) is 0. The van der Waals surface area contributed by atoms with Crippen LogP contribution in [0.5, 0.6) is 11.5 Å². The summed E-state index contributed by atoms with van der Waals surface area (Å²) in [7, 11) is 0. The summed E-state index contributed by atoms with van der Waals surface area (Å²) in [6.45, 7) is 7.13. The van der Waals surface area contributed by atoms with Gasteiger partial charge in [-0.15, -0.1) is 0 Å². The van der Waals surface area contributed by atoms with E-state index >= 15 is 0 Å². The summed E-state index contributed by atoms with van der Waals surface area (Å²) < 4.78 is 6.59. The molecule has 0 N–H and O–H groups in total. The van der Waals surface area contributed by atoms with Gasteiger partial charge in [0.15, 0.2) is 0 Å². The second-order valence-electron chi connectivity index (χ2n) is 10.9. The Morgan fingerprint density at radius 2 is 1.28 bits per heavy atom. The van der Waals surface area contributed by atoms with Crippen LogP contribution >= 0.6 is 0 Å². The zero-order chi connectivity index (χ0) is 29.3. The second-order valence-corrected chi connectivity index (χ2v) is 10.9. The average molecular weight is 562 g/mol. The minimum absolute atomic E-state index is 0.629. The van der Waals surface area contributed by atoms with E-state index in [1.54, 1.807) is 12.4 Å². The van der Waals surface area contributed by atoms with Crippen molar-refractivity contribution in [3.8, 4) is 34.0 Å². The lowest BCUT2D eigenvalue weighted by Crippen LogP contribution is -2.24. The normalized spacial score (nSPS) is 12.3. The molecule has 0 fully saturated rings. The standard InChI is InChI=1S/C37H31N5O/c1-25-18-26(2)37(27(3)19-25)28-20-29(41-24-42(36-13-7-9-16-40-36)35-12-5-4-11-34(35)41)22-31(21-28)43-30-14-17-39-33(23-30)32-10-6-8-15-38-32/h4-23H,24H2,1-3H3. The van der Waals surface area contributed by atoms with Gasteiger partial charge in [0.05, 0.1) is 22.8 Å². The third kappa shape index (κ3) is 5.19. The summed E-state index contributed by atoms with van der Waals surface area (Å²) in [6.07, 6.45) is 5.37. The fourth-order valence-electron chi connectivity index (χ4n) is 5.99. The number of hydrogen-bond acceptors (Lipinski definition) is 6. The number of fused-ring (bicyclic) bond motifs is 1. The molecular formula is C37H31N5O. The van der Waals surface area contributed by atoms with Crippen LogP contribution in [0.1, 0.15) is 16.7 Å². The predicted octanol–water partition coefficient (Wildman–Crippen LogP) is 9.17. The second kappa shape index (κ2) is 11.1. The minimum Gasteiger partial charge on any atom is -0.457 e. The highest BCUT2D eigenvalue weighted by Crippen LogP contribution is 2.46. The van der Waals surface area contributed by atoms with Gasteiger partial charge in [-0.1, -0.05) is 42.0 Å². The van der Waals surface area contributed by atoms with E-state index in [9.17, 15) is 0 Å². The third-order valence-corrected chi connectivity index (χ3v) is 7.74. The summed E-state index contributed by atoms with van der Waals surface area (Å²) in [5.74, 6) is 2.36. The Kier molecular flexibility index (Phi) is 6.79. The van der Waals surface area contributed by atoms with Gasteiger partial charge in [0.25, 0.3) is 0 Å². The summed E-state index contributed by atoms with van der Waals surface area (Å²) in [4.78, 5) is 18.2. The number of ether oxygens (including phenoxy) is 1. The highest BCUT2D eigenvalue weighted by Gasteiger charge is 2.29. The number of hydrogen-bond donors (Lipinski definition) is 0. The first-order chi connectivity index (χ1) is 21.0. The van der Waals surface area contributed by atoms with Crippen molar-refractivity contribution in [3.05, 3.63) is 138 Å². The number of aromatic nitrogens is 3. The van der Waals surface area contributed by atoms with Crippen molar-refractivity contribution in [3.63, 3.8) is 0 Å². The maximum Gasteiger partial charge on any atom is 0.134 e. The highest BCUT2D eigenvalue weighted by atomic mass is 16.5. The Bertz CT molecular complexity index is 1900. The predicted molar refractivity (Wildman–Crippen MR) is 173 cm³/mol. The number of rotatable bonds is 6. The van der Waals surface area contributed by atoms with Crippen molar-refractivity contribution < 1.29 is 4.74 Å². The van der Waals surface area contributed by atoms with Gasteiger partial charge in [-0.05, 0) is 97.6 Å². The largest absolute Gasteiger partial charge is 0.457 e. The molecule has 1 aliphatic heterocycles. The smallest absolute Gasteiger partial charge is 0.134 e. The minimum atomic E-state index is 0.629. The van der Waals surface area contributed by atoms with Crippen LogP contribution in [0.3, 0.4) is 0 Å². The molecule has 210 valence electrons. The molecular weight excluding hydrogens is 530 g/mol. The summed E-state index contributed by atoms with van der Waals surface area (Å²) in [6, 6.07) is 35.1. The molecule has 6 nitrogen and oxygen atoms in total. The van der Waals surface area contributed by atoms with Crippen molar-refractivity contribution in [1.29, 1.82) is 0 Å². The van der Waals surface area contributed by atoms with E-state index in [1.165, 1.54) is 22.3 Å². The van der Waals surface area contributed by atoms with Crippen LogP contribution in [0.4, 0.5) is 22.9 Å². The van der Waals surface area contributed by atoms with Gasteiger partial charge in [0.1, 0.15) is 24.0 Å². The summed E-state index contributed by atoms with van der Waals surface area (Å²) in [5.41, 5.74) is 10.9. The van der Waals surface area contributed by atoms with Gasteiger partial charge in [0, 0.05) is 36.4 Å². The highest BCUT2D eigenvalue weighted by molar-refractivity contribution is 5.88. The van der Waals surface area contributed by atoms with Crippen LogP contribution in [-0.4, -0.2) is 21.6 Å². The molecule has 4 heterocycles. The first kappa shape index (κ1) is 26.4. The molecule has 0 spiro atoms. The molecule has 3 aromatic carbocycles. The Morgan fingerprint density at radius 3 is 2.00 bits per heavy atom. The molecule has 6 aromatic rings. The maximum atomic E-state index is 6.59. The zero-order valence-electron chi connectivity index (χ0n) is 24.4. The molecule has 0 aliphatic carbocycles. The van der Waals surface area contributed by atoms with Crippen LogP contribution in [-0.2, 0) is 0 Å². The lowest BCUT2D eigenvalue weighted by atomic mass is 9.93. The Hall–Kier alpha value is -5.49. The number of nitrogens with zero attached hydrogens (tertiary/aromatic N) is 5. The van der Waals surface area contributed by atoms with Gasteiger partial charge >= 0.3 is 0 Å². The van der Waals surface area contributed by atoms with Crippen molar-refractivity contribution >= 4 is 22.9 Å². The van der Waals surface area contributed by atoms with Gasteiger partial charge < -0.3 is 14.5 Å². The Labute approximate surface area is 251 Å². The zero-order valence-corrected chi connectivity index (χ0v) is 24.4. The Morgan fingerprint density at radius 1 is 0.581 bits per heavy atom. The fourth-order valence-corrected chi connectivity index (χ4v) is 5.99. The lowest BCUT2D eigenvalue weighted by Gasteiger charge is -2.23. The molecule has 43 heavy (non-hydrogen) atoms. The van der Waals surface area contributed by atoms with E-state index < -0.39 is 0 Å². The van der Waals surface area contributed by atoms with Crippen LogP contribution in [0.25, 0.3) is 22.5 Å².